The average molecular weight is 270 g/mol. The third-order valence-corrected chi connectivity index (χ3v) is 3.10. The summed E-state index contributed by atoms with van der Waals surface area (Å²) in [5.74, 6) is 0.490. The van der Waals surface area contributed by atoms with Gasteiger partial charge in [-0.25, -0.2) is 9.37 Å². The second-order valence-corrected chi connectivity index (χ2v) is 4.67. The summed E-state index contributed by atoms with van der Waals surface area (Å²) in [6.45, 7) is 0.679. The number of hydrogen-bond donors (Lipinski definition) is 3. The normalized spacial score (nSPS) is 10.8. The van der Waals surface area contributed by atoms with E-state index in [1.165, 1.54) is 6.07 Å². The Kier molecular flexibility index (Phi) is 3.25. The lowest BCUT2D eigenvalue weighted by Gasteiger charge is -2.03. The number of fused-ring (bicyclic) bond motifs is 1. The molecule has 0 aliphatic carbocycles. The first-order chi connectivity index (χ1) is 9.70. The molecule has 0 aliphatic heterocycles. The van der Waals surface area contributed by atoms with Gasteiger partial charge in [-0.3, -0.25) is 0 Å². The maximum absolute atomic E-state index is 13.0. The number of nitrogen functional groups attached to an aromatic ring is 1. The number of aromatic nitrogens is 2. The number of anilines is 2. The van der Waals surface area contributed by atoms with Crippen LogP contribution in [0.4, 0.5) is 16.0 Å². The summed E-state index contributed by atoms with van der Waals surface area (Å²) in [4.78, 5) is 7.56. The number of nitrogens with zero attached hydrogens (tertiary/aromatic N) is 1. The number of nitrogens with one attached hydrogen (secondary N) is 2. The van der Waals surface area contributed by atoms with E-state index in [-0.39, 0.29) is 5.82 Å². The molecule has 4 nitrogen and oxygen atoms in total. The van der Waals surface area contributed by atoms with Gasteiger partial charge in [-0.1, -0.05) is 12.1 Å². The van der Waals surface area contributed by atoms with Gasteiger partial charge in [0, 0.05) is 12.2 Å². The van der Waals surface area contributed by atoms with Gasteiger partial charge in [0.1, 0.15) is 5.82 Å². The lowest BCUT2D eigenvalue weighted by atomic mass is 10.1. The van der Waals surface area contributed by atoms with Crippen LogP contribution in [-0.2, 0) is 6.42 Å². The van der Waals surface area contributed by atoms with Gasteiger partial charge in [0.05, 0.1) is 11.0 Å². The van der Waals surface area contributed by atoms with Crippen molar-refractivity contribution in [3.8, 4) is 0 Å². The topological polar surface area (TPSA) is 66.7 Å². The van der Waals surface area contributed by atoms with Crippen molar-refractivity contribution < 1.29 is 4.39 Å². The highest BCUT2D eigenvalue weighted by Gasteiger charge is 2.02. The van der Waals surface area contributed by atoms with Crippen LogP contribution >= 0.6 is 0 Å². The van der Waals surface area contributed by atoms with Crippen molar-refractivity contribution in [1.82, 2.24) is 9.97 Å². The zero-order valence-corrected chi connectivity index (χ0v) is 10.9. The number of aromatic amines is 1. The van der Waals surface area contributed by atoms with Gasteiger partial charge in [-0.15, -0.1) is 0 Å². The van der Waals surface area contributed by atoms with E-state index in [1.54, 1.807) is 12.1 Å². The second-order valence-electron chi connectivity index (χ2n) is 4.67. The maximum Gasteiger partial charge on any atom is 0.201 e. The Morgan fingerprint density at radius 2 is 2.10 bits per heavy atom. The first-order valence-electron chi connectivity index (χ1n) is 6.44. The Bertz CT molecular complexity index is 736. The van der Waals surface area contributed by atoms with E-state index in [0.29, 0.717) is 18.2 Å². The molecule has 0 bridgehead atoms. The number of imidazole rings is 1. The van der Waals surface area contributed by atoms with Crippen LogP contribution in [0.2, 0.25) is 0 Å². The third kappa shape index (κ3) is 2.71. The number of H-pyrrole nitrogens is 1. The molecule has 0 amide bonds. The summed E-state index contributed by atoms with van der Waals surface area (Å²) in [6.07, 6.45) is 0.733. The van der Waals surface area contributed by atoms with Crippen LogP contribution < -0.4 is 11.1 Å². The zero-order valence-electron chi connectivity index (χ0n) is 10.9. The smallest absolute Gasteiger partial charge is 0.201 e. The number of halogens is 1. The lowest BCUT2D eigenvalue weighted by molar-refractivity contribution is 0.625. The number of benzene rings is 2. The maximum atomic E-state index is 13.0. The van der Waals surface area contributed by atoms with E-state index in [9.17, 15) is 4.39 Å². The Labute approximate surface area is 115 Å². The van der Waals surface area contributed by atoms with E-state index in [1.807, 2.05) is 24.3 Å². The van der Waals surface area contributed by atoms with E-state index in [2.05, 4.69) is 15.3 Å². The monoisotopic (exact) mass is 270 g/mol. The Morgan fingerprint density at radius 3 is 2.95 bits per heavy atom. The van der Waals surface area contributed by atoms with Crippen molar-refractivity contribution in [3.05, 3.63) is 53.8 Å². The van der Waals surface area contributed by atoms with Gasteiger partial charge in [0.2, 0.25) is 5.95 Å². The molecular weight excluding hydrogens is 255 g/mol. The Hall–Kier alpha value is -2.56. The van der Waals surface area contributed by atoms with Crippen LogP contribution in [0.15, 0.2) is 42.5 Å². The summed E-state index contributed by atoms with van der Waals surface area (Å²) in [7, 11) is 0. The highest BCUT2D eigenvalue weighted by Crippen LogP contribution is 2.17. The Balaban J connectivity index is 1.65. The lowest BCUT2D eigenvalue weighted by Crippen LogP contribution is -2.06. The molecule has 102 valence electrons. The van der Waals surface area contributed by atoms with E-state index in [4.69, 9.17) is 5.73 Å². The molecular formula is C15H15FN4. The van der Waals surface area contributed by atoms with Gasteiger partial charge < -0.3 is 16.0 Å². The summed E-state index contributed by atoms with van der Waals surface area (Å²) in [6, 6.07) is 12.2. The number of nitrogens with two attached hydrogens (primary N) is 1. The van der Waals surface area contributed by atoms with E-state index < -0.39 is 0 Å². The van der Waals surface area contributed by atoms with E-state index in [0.717, 1.165) is 23.0 Å². The standard InChI is InChI=1S/C15H15FN4/c16-11-3-1-2-10(8-11)6-7-18-15-19-13-5-4-12(17)9-14(13)20-15/h1-5,8-9H,6-7,17H2,(H2,18,19,20). The second kappa shape index (κ2) is 5.21. The van der Waals surface area contributed by atoms with Crippen molar-refractivity contribution in [1.29, 1.82) is 0 Å². The summed E-state index contributed by atoms with van der Waals surface area (Å²) in [5, 5.41) is 3.19. The highest BCUT2D eigenvalue weighted by molar-refractivity contribution is 5.80. The van der Waals surface area contributed by atoms with Crippen molar-refractivity contribution in [3.63, 3.8) is 0 Å². The molecule has 5 heteroatoms. The average Bonchev–Trinajstić information content (AvgIpc) is 2.80. The molecule has 3 rings (SSSR count). The largest absolute Gasteiger partial charge is 0.399 e. The van der Waals surface area contributed by atoms with Crippen LogP contribution in [0.5, 0.6) is 0 Å². The number of rotatable bonds is 4. The van der Waals surface area contributed by atoms with Gasteiger partial charge in [-0.2, -0.15) is 0 Å². The van der Waals surface area contributed by atoms with Gasteiger partial charge in [-0.05, 0) is 42.3 Å². The molecule has 0 unspecified atom stereocenters. The highest BCUT2D eigenvalue weighted by atomic mass is 19.1. The van der Waals surface area contributed by atoms with Crippen molar-refractivity contribution in [2.45, 2.75) is 6.42 Å². The molecule has 3 aromatic rings. The molecule has 1 aromatic heterocycles. The fourth-order valence-electron chi connectivity index (χ4n) is 2.13. The quantitative estimate of drug-likeness (QED) is 0.638. The first-order valence-corrected chi connectivity index (χ1v) is 6.44. The minimum Gasteiger partial charge on any atom is -0.399 e. The molecule has 20 heavy (non-hydrogen) atoms. The first kappa shape index (κ1) is 12.5. The molecule has 0 aliphatic rings. The molecule has 0 fully saturated rings. The summed E-state index contributed by atoms with van der Waals surface area (Å²) >= 11 is 0. The molecule has 0 spiro atoms. The molecule has 0 saturated carbocycles. The van der Waals surface area contributed by atoms with Gasteiger partial charge >= 0.3 is 0 Å². The van der Waals surface area contributed by atoms with Crippen LogP contribution in [0.1, 0.15) is 5.56 Å². The molecule has 1 heterocycles. The SMILES string of the molecule is Nc1ccc2nc(NCCc3cccc(F)c3)[nH]c2c1. The molecule has 2 aromatic carbocycles. The van der Waals surface area contributed by atoms with Gasteiger partial charge in [0.15, 0.2) is 0 Å². The fraction of sp³-hybridized carbons (Fsp3) is 0.133. The Morgan fingerprint density at radius 1 is 1.20 bits per heavy atom. The molecule has 0 radical (unpaired) electrons. The predicted octanol–water partition coefficient (Wildman–Crippen LogP) is 2.94. The van der Waals surface area contributed by atoms with Crippen LogP contribution in [0.3, 0.4) is 0 Å². The predicted molar refractivity (Wildman–Crippen MR) is 79.1 cm³/mol. The van der Waals surface area contributed by atoms with Crippen LogP contribution in [-0.4, -0.2) is 16.5 Å². The van der Waals surface area contributed by atoms with Crippen LogP contribution in [0, 0.1) is 5.82 Å². The molecule has 0 saturated heterocycles. The van der Waals surface area contributed by atoms with Crippen molar-refractivity contribution in [2.24, 2.45) is 0 Å². The summed E-state index contributed by atoms with van der Waals surface area (Å²) in [5.41, 5.74) is 9.15. The summed E-state index contributed by atoms with van der Waals surface area (Å²) < 4.78 is 13.0. The molecule has 0 atom stereocenters. The molecule has 4 N–H and O–H groups in total. The minimum absolute atomic E-state index is 0.207. The van der Waals surface area contributed by atoms with Gasteiger partial charge in [0.25, 0.3) is 0 Å². The minimum atomic E-state index is -0.207. The van der Waals surface area contributed by atoms with E-state index >= 15 is 0 Å². The van der Waals surface area contributed by atoms with Crippen molar-refractivity contribution >= 4 is 22.7 Å². The van der Waals surface area contributed by atoms with Crippen molar-refractivity contribution in [2.75, 3.05) is 17.6 Å². The fourth-order valence-corrected chi connectivity index (χ4v) is 2.13. The third-order valence-electron chi connectivity index (χ3n) is 3.10. The van der Waals surface area contributed by atoms with Crippen LogP contribution in [0.25, 0.3) is 11.0 Å². The zero-order chi connectivity index (χ0) is 13.9. The number of hydrogen-bond acceptors (Lipinski definition) is 3.